The van der Waals surface area contributed by atoms with Gasteiger partial charge in [-0.3, -0.25) is 62.3 Å². The molecule has 0 saturated carbocycles. The molecule has 1 aromatic heterocycles. The molecule has 10 amide bonds. The standard InChI is InChI=1S/C51H72N16O17/c1-4-7-32(61-47(80)34(14-17-40(70)71)60-44(77)30(52)22-28-24-56-25-57-28)45(78)63-35(15-18-41(72)73)48(81)66-38(23-42(74)75)51(84)64-36(20-26(2)3)49(82)62-33(8-5-6-19-58-67-55)46(79)65-37(21-27-9-11-29(68)12-10-27)50(83)59-31(43(54)76)13-16-39(53)69/h1,9-12,24-26,30-38,68H,5-8,13-23,52H2,2-3H3,(H2,53,69)(H2,54,76)(H,56,57)(H,59,83)(H,60,77)(H,61,80)(H,62,82)(H,63,78)(H,64,84)(H,65,79)(H,66,81)(H,70,71)(H,72,73)(H,74,75)/t30-,31-,32-,33-,34-,35-,36-,37-,38-/m0/s1. The second-order valence-electron chi connectivity index (χ2n) is 19.6. The maximum absolute atomic E-state index is 14.3. The monoisotopic (exact) mass is 1180 g/mol. The molecule has 1 heterocycles. The number of hydrogen-bond donors (Lipinski definition) is 16. The fraction of sp³-hybridized carbons (Fsp3) is 0.529. The highest BCUT2D eigenvalue weighted by atomic mass is 16.4. The van der Waals surface area contributed by atoms with Gasteiger partial charge >= 0.3 is 17.9 Å². The number of nitrogens with one attached hydrogen (secondary N) is 9. The zero-order chi connectivity index (χ0) is 63.1. The normalized spacial score (nSPS) is 14.0. The van der Waals surface area contributed by atoms with Crippen LogP contribution in [-0.2, 0) is 75.2 Å². The van der Waals surface area contributed by atoms with Gasteiger partial charge in [0, 0.05) is 61.9 Å². The number of aromatic amines is 1. The van der Waals surface area contributed by atoms with E-state index in [1.165, 1.54) is 36.8 Å². The molecule has 33 heteroatoms. The van der Waals surface area contributed by atoms with Crippen LogP contribution in [-0.4, -0.2) is 168 Å². The van der Waals surface area contributed by atoms with Crippen molar-refractivity contribution in [3.05, 3.63) is 58.5 Å². The highest BCUT2D eigenvalue weighted by molar-refractivity contribution is 5.99. The lowest BCUT2D eigenvalue weighted by Gasteiger charge is -2.28. The van der Waals surface area contributed by atoms with E-state index in [1.807, 2.05) is 0 Å². The number of carboxylic acid groups (broad SMARTS) is 3. The molecule has 0 aliphatic carbocycles. The lowest BCUT2D eigenvalue weighted by atomic mass is 10.00. The predicted molar refractivity (Wildman–Crippen MR) is 292 cm³/mol. The summed E-state index contributed by atoms with van der Waals surface area (Å²) in [5, 5.41) is 60.9. The molecule has 0 fully saturated rings. The second kappa shape index (κ2) is 36.5. The molecule has 9 atom stereocenters. The first kappa shape index (κ1) is 70.3. The Labute approximate surface area is 480 Å². The number of phenols is 1. The van der Waals surface area contributed by atoms with Crippen molar-refractivity contribution in [1.29, 1.82) is 0 Å². The third kappa shape index (κ3) is 27.1. The fourth-order valence-electron chi connectivity index (χ4n) is 7.89. The van der Waals surface area contributed by atoms with E-state index in [9.17, 15) is 82.8 Å². The van der Waals surface area contributed by atoms with Crippen LogP contribution in [0.1, 0.15) is 102 Å². The van der Waals surface area contributed by atoms with E-state index in [0.717, 1.165) is 0 Å². The van der Waals surface area contributed by atoms with Gasteiger partial charge in [0.05, 0.1) is 18.8 Å². The smallest absolute Gasteiger partial charge is 0.305 e. The largest absolute Gasteiger partial charge is 0.508 e. The molecular formula is C51H72N16O17. The van der Waals surface area contributed by atoms with E-state index < -0.39 is 176 Å². The summed E-state index contributed by atoms with van der Waals surface area (Å²) in [5.74, 6) is -13.6. The lowest BCUT2D eigenvalue weighted by molar-refractivity contribution is -0.142. The van der Waals surface area contributed by atoms with Crippen LogP contribution in [0.15, 0.2) is 41.9 Å². The SMILES string of the molecule is C#CC[C@H](NC(=O)[C@H](CCC(=O)O)NC(=O)[C@@H](N)Cc1cnc[nH]1)C(=O)N[C@@H](CCC(=O)O)C(=O)N[C@@H](CC(=O)O)C(=O)N[C@@H](CC(C)C)C(=O)N[C@@H](CCCCN=[N+]=[N-])C(=O)N[C@@H](Cc1ccc(O)cc1)C(=O)N[C@@H](CCC(N)=O)C(N)=O. The van der Waals surface area contributed by atoms with Gasteiger partial charge in [0.15, 0.2) is 0 Å². The highest BCUT2D eigenvalue weighted by Gasteiger charge is 2.36. The van der Waals surface area contributed by atoms with Crippen LogP contribution < -0.4 is 59.7 Å². The Morgan fingerprint density at radius 1 is 0.619 bits per heavy atom. The summed E-state index contributed by atoms with van der Waals surface area (Å²) in [6, 6.07) is -9.22. The number of H-pyrrole nitrogens is 1. The van der Waals surface area contributed by atoms with Crippen LogP contribution in [0.3, 0.4) is 0 Å². The first-order valence-electron chi connectivity index (χ1n) is 26.2. The summed E-state index contributed by atoms with van der Waals surface area (Å²) in [6.07, 6.45) is 2.68. The van der Waals surface area contributed by atoms with Gasteiger partial charge in [-0.05, 0) is 67.7 Å². The number of carboxylic acids is 3. The number of nitrogens with two attached hydrogens (primary N) is 3. The van der Waals surface area contributed by atoms with Gasteiger partial charge in [0.25, 0.3) is 0 Å². The Kier molecular flexibility index (Phi) is 30.5. The van der Waals surface area contributed by atoms with Crippen LogP contribution in [0.2, 0.25) is 0 Å². The van der Waals surface area contributed by atoms with Gasteiger partial charge in [-0.2, -0.15) is 0 Å². The number of aliphatic carboxylic acids is 3. The van der Waals surface area contributed by atoms with E-state index in [0.29, 0.717) is 11.3 Å². The third-order valence-corrected chi connectivity index (χ3v) is 12.2. The topological polar surface area (TPSA) is 555 Å². The summed E-state index contributed by atoms with van der Waals surface area (Å²) in [5.41, 5.74) is 26.3. The van der Waals surface area contributed by atoms with Crippen molar-refractivity contribution in [2.45, 2.75) is 158 Å². The number of terminal acetylenes is 1. The number of azide groups is 1. The molecule has 0 spiro atoms. The molecule has 0 saturated heterocycles. The molecule has 0 aliphatic heterocycles. The Bertz CT molecular complexity index is 2730. The molecule has 84 heavy (non-hydrogen) atoms. The van der Waals surface area contributed by atoms with Gasteiger partial charge < -0.3 is 85.1 Å². The van der Waals surface area contributed by atoms with Crippen LogP contribution >= 0.6 is 0 Å². The van der Waals surface area contributed by atoms with Gasteiger partial charge in [0.2, 0.25) is 59.1 Å². The molecule has 33 nitrogen and oxygen atoms in total. The van der Waals surface area contributed by atoms with Crippen molar-refractivity contribution in [3.8, 4) is 18.1 Å². The molecular weight excluding hydrogens is 1110 g/mol. The van der Waals surface area contributed by atoms with E-state index in [2.05, 4.69) is 68.4 Å². The maximum atomic E-state index is 14.3. The Morgan fingerprint density at radius 3 is 1.58 bits per heavy atom. The number of aromatic nitrogens is 2. The minimum atomic E-state index is -2.06. The van der Waals surface area contributed by atoms with Gasteiger partial charge in [0.1, 0.15) is 54.1 Å². The minimum Gasteiger partial charge on any atom is -0.508 e. The van der Waals surface area contributed by atoms with Crippen molar-refractivity contribution >= 4 is 77.0 Å². The first-order chi connectivity index (χ1) is 39.6. The van der Waals surface area contributed by atoms with E-state index >= 15 is 0 Å². The average molecular weight is 1180 g/mol. The number of rotatable bonds is 40. The van der Waals surface area contributed by atoms with Crippen molar-refractivity contribution in [3.63, 3.8) is 0 Å². The number of hydrogen-bond acceptors (Lipinski definition) is 17. The number of benzene rings is 1. The number of primary amides is 2. The van der Waals surface area contributed by atoms with Crippen LogP contribution in [0, 0.1) is 18.3 Å². The number of carbonyl (C=O) groups is 13. The summed E-state index contributed by atoms with van der Waals surface area (Å²) in [6.45, 7) is 3.24. The number of imidazole rings is 1. The molecule has 0 radical (unpaired) electrons. The number of aromatic hydroxyl groups is 1. The Morgan fingerprint density at radius 2 is 1.08 bits per heavy atom. The van der Waals surface area contributed by atoms with E-state index in [1.54, 1.807) is 13.8 Å². The molecule has 2 rings (SSSR count). The lowest BCUT2D eigenvalue weighted by Crippen LogP contribution is -2.61. The zero-order valence-corrected chi connectivity index (χ0v) is 46.0. The van der Waals surface area contributed by atoms with Gasteiger partial charge in [-0.1, -0.05) is 37.5 Å². The van der Waals surface area contributed by atoms with E-state index in [-0.39, 0.29) is 63.7 Å². The number of amides is 10. The molecule has 458 valence electrons. The maximum Gasteiger partial charge on any atom is 0.305 e. The summed E-state index contributed by atoms with van der Waals surface area (Å²) in [7, 11) is 0. The first-order valence-corrected chi connectivity index (χ1v) is 26.2. The van der Waals surface area contributed by atoms with Crippen molar-refractivity contribution in [2.75, 3.05) is 6.54 Å². The molecule has 2 aromatic rings. The van der Waals surface area contributed by atoms with Gasteiger partial charge in [-0.15, -0.1) is 12.3 Å². The molecule has 19 N–H and O–H groups in total. The fourth-order valence-corrected chi connectivity index (χ4v) is 7.89. The molecule has 0 aliphatic rings. The van der Waals surface area contributed by atoms with Crippen molar-refractivity contribution < 1.29 is 82.8 Å². The number of carbonyl (C=O) groups excluding carboxylic acids is 10. The second-order valence-corrected chi connectivity index (χ2v) is 19.6. The Hall–Kier alpha value is -9.83. The summed E-state index contributed by atoms with van der Waals surface area (Å²) >= 11 is 0. The van der Waals surface area contributed by atoms with Crippen molar-refractivity contribution in [1.82, 2.24) is 52.5 Å². The third-order valence-electron chi connectivity index (χ3n) is 12.2. The number of phenolic OH excluding ortho intramolecular Hbond substituents is 1. The average Bonchev–Trinajstić information content (AvgIpc) is 4.04. The molecule has 1 aromatic carbocycles. The van der Waals surface area contributed by atoms with E-state index in [4.69, 9.17) is 29.2 Å². The number of nitrogens with zero attached hydrogens (tertiary/aromatic N) is 4. The number of unbranched alkanes of at least 4 members (excludes halogenated alkanes) is 1. The van der Waals surface area contributed by atoms with Crippen LogP contribution in [0.4, 0.5) is 0 Å². The summed E-state index contributed by atoms with van der Waals surface area (Å²) < 4.78 is 0. The predicted octanol–water partition coefficient (Wildman–Crippen LogP) is -3.39. The highest BCUT2D eigenvalue weighted by Crippen LogP contribution is 2.15. The minimum absolute atomic E-state index is 0.0295. The summed E-state index contributed by atoms with van der Waals surface area (Å²) in [4.78, 5) is 179. The Balaban J connectivity index is 2.47. The molecule has 0 bridgehead atoms. The molecule has 0 unspecified atom stereocenters. The van der Waals surface area contributed by atoms with Crippen molar-refractivity contribution in [2.24, 2.45) is 28.2 Å². The quantitative estimate of drug-likeness (QED) is 0.0102. The van der Waals surface area contributed by atoms with Crippen LogP contribution in [0.5, 0.6) is 5.75 Å². The van der Waals surface area contributed by atoms with Gasteiger partial charge in [-0.25, -0.2) is 4.98 Å². The zero-order valence-electron chi connectivity index (χ0n) is 46.0. The van der Waals surface area contributed by atoms with Crippen LogP contribution in [0.25, 0.3) is 10.4 Å².